The van der Waals surface area contributed by atoms with Gasteiger partial charge >= 0.3 is 5.97 Å². The van der Waals surface area contributed by atoms with Crippen molar-refractivity contribution in [3.63, 3.8) is 0 Å². The van der Waals surface area contributed by atoms with Gasteiger partial charge in [-0.3, -0.25) is 4.79 Å². The van der Waals surface area contributed by atoms with Gasteiger partial charge in [-0.2, -0.15) is 0 Å². The van der Waals surface area contributed by atoms with E-state index in [0.29, 0.717) is 22.6 Å². The molecule has 152 valence electrons. The van der Waals surface area contributed by atoms with Crippen molar-refractivity contribution in [2.75, 3.05) is 27.6 Å². The van der Waals surface area contributed by atoms with Crippen LogP contribution in [0.4, 0.5) is 0 Å². The number of phenolic OH excluding ortho intramolecular Hbond substituents is 1. The van der Waals surface area contributed by atoms with Gasteiger partial charge in [0.25, 0.3) is 0 Å². The van der Waals surface area contributed by atoms with E-state index in [0.717, 1.165) is 5.56 Å². The molecule has 1 aliphatic carbocycles. The summed E-state index contributed by atoms with van der Waals surface area (Å²) in [6.07, 6.45) is -0.867. The molecule has 1 unspecified atom stereocenters. The van der Waals surface area contributed by atoms with Crippen molar-refractivity contribution in [2.45, 2.75) is 12.0 Å². The van der Waals surface area contributed by atoms with Crippen LogP contribution < -0.4 is 18.9 Å². The summed E-state index contributed by atoms with van der Waals surface area (Å²) in [7, 11) is 2.89. The maximum atomic E-state index is 12.7. The minimum Gasteiger partial charge on any atom is -0.502 e. The number of aromatic hydroxyl groups is 1. The SMILES string of the molecule is COc1cc([C@@H]2c3cc4c(cc3[C@@H](O)[C@H]3COC(=O)C23)OCO4)cc(OC)c1O. The summed E-state index contributed by atoms with van der Waals surface area (Å²) < 4.78 is 26.9. The fraction of sp³-hybridized carbons (Fsp3) is 0.381. The molecule has 0 radical (unpaired) electrons. The summed E-state index contributed by atoms with van der Waals surface area (Å²) in [5, 5.41) is 21.3. The maximum Gasteiger partial charge on any atom is 0.310 e. The lowest BCUT2D eigenvalue weighted by Crippen LogP contribution is -2.34. The van der Waals surface area contributed by atoms with E-state index in [-0.39, 0.29) is 36.6 Å². The first-order valence-corrected chi connectivity index (χ1v) is 9.26. The molecule has 0 spiro atoms. The van der Waals surface area contributed by atoms with Gasteiger partial charge in [0.2, 0.25) is 12.5 Å². The molecule has 2 heterocycles. The van der Waals surface area contributed by atoms with Gasteiger partial charge in [0.05, 0.1) is 32.8 Å². The van der Waals surface area contributed by atoms with E-state index in [1.54, 1.807) is 24.3 Å². The van der Waals surface area contributed by atoms with Crippen LogP contribution in [0.5, 0.6) is 28.7 Å². The highest BCUT2D eigenvalue weighted by molar-refractivity contribution is 5.79. The topological polar surface area (TPSA) is 104 Å². The van der Waals surface area contributed by atoms with Crippen molar-refractivity contribution >= 4 is 5.97 Å². The van der Waals surface area contributed by atoms with Crippen LogP contribution in [0.3, 0.4) is 0 Å². The van der Waals surface area contributed by atoms with E-state index in [9.17, 15) is 15.0 Å². The molecule has 3 aliphatic rings. The Balaban J connectivity index is 1.75. The van der Waals surface area contributed by atoms with Gasteiger partial charge in [0.1, 0.15) is 0 Å². The molecular weight excluding hydrogens is 380 g/mol. The third kappa shape index (κ3) is 2.52. The fourth-order valence-corrected chi connectivity index (χ4v) is 4.63. The monoisotopic (exact) mass is 400 g/mol. The average Bonchev–Trinajstić information content (AvgIpc) is 3.34. The standard InChI is InChI=1S/C21H20O8/c1-25-15-3-9(4-16(26-2)20(15)23)17-10-5-13-14(29-8-28-13)6-11(10)19(22)12-7-27-21(24)18(12)17/h3-6,12,17-19,22-23H,7-8H2,1-2H3/t12-,17+,18?,19+/m0/s1. The largest absolute Gasteiger partial charge is 0.502 e. The zero-order chi connectivity index (χ0) is 20.3. The molecular formula is C21H20O8. The number of aliphatic hydroxyl groups is 1. The lowest BCUT2D eigenvalue weighted by atomic mass is 9.66. The number of hydrogen-bond donors (Lipinski definition) is 2. The van der Waals surface area contributed by atoms with E-state index < -0.39 is 23.9 Å². The highest BCUT2D eigenvalue weighted by Gasteiger charge is 2.52. The molecule has 2 aliphatic heterocycles. The predicted molar refractivity (Wildman–Crippen MR) is 98.5 cm³/mol. The molecule has 8 nitrogen and oxygen atoms in total. The molecule has 0 saturated carbocycles. The second-order valence-corrected chi connectivity index (χ2v) is 7.35. The Kier molecular flexibility index (Phi) is 3.99. The lowest BCUT2D eigenvalue weighted by Gasteiger charge is -2.37. The third-order valence-corrected chi connectivity index (χ3v) is 6.01. The highest BCUT2D eigenvalue weighted by Crippen LogP contribution is 2.55. The van der Waals surface area contributed by atoms with Crippen LogP contribution in [0.25, 0.3) is 0 Å². The lowest BCUT2D eigenvalue weighted by molar-refractivity contribution is -0.141. The Labute approximate surface area is 166 Å². The first kappa shape index (κ1) is 17.9. The Morgan fingerprint density at radius 3 is 2.21 bits per heavy atom. The predicted octanol–water partition coefficient (Wildman–Crippen LogP) is 2.11. The van der Waals surface area contributed by atoms with E-state index in [1.807, 2.05) is 0 Å². The summed E-state index contributed by atoms with van der Waals surface area (Å²) in [5.74, 6) is -0.324. The Morgan fingerprint density at radius 1 is 0.966 bits per heavy atom. The summed E-state index contributed by atoms with van der Waals surface area (Å²) in [6, 6.07) is 6.93. The van der Waals surface area contributed by atoms with Crippen LogP contribution in [0.15, 0.2) is 24.3 Å². The van der Waals surface area contributed by atoms with Gasteiger partial charge in [-0.15, -0.1) is 0 Å². The van der Waals surface area contributed by atoms with Crippen molar-refractivity contribution in [2.24, 2.45) is 11.8 Å². The van der Waals surface area contributed by atoms with Crippen LogP contribution >= 0.6 is 0 Å². The van der Waals surface area contributed by atoms with Crippen molar-refractivity contribution in [3.05, 3.63) is 41.0 Å². The van der Waals surface area contributed by atoms with Crippen LogP contribution in [0.1, 0.15) is 28.7 Å². The quantitative estimate of drug-likeness (QED) is 0.755. The van der Waals surface area contributed by atoms with Crippen molar-refractivity contribution in [3.8, 4) is 28.7 Å². The molecule has 29 heavy (non-hydrogen) atoms. The molecule has 2 N–H and O–H groups in total. The fourth-order valence-electron chi connectivity index (χ4n) is 4.63. The van der Waals surface area contributed by atoms with Gasteiger partial charge < -0.3 is 33.9 Å². The summed E-state index contributed by atoms with van der Waals surface area (Å²) >= 11 is 0. The van der Waals surface area contributed by atoms with E-state index in [1.165, 1.54) is 14.2 Å². The molecule has 2 aromatic carbocycles. The van der Waals surface area contributed by atoms with Gasteiger partial charge in [-0.25, -0.2) is 0 Å². The van der Waals surface area contributed by atoms with Crippen LogP contribution in [-0.4, -0.2) is 43.8 Å². The molecule has 0 bridgehead atoms. The summed E-state index contributed by atoms with van der Waals surface area (Å²) in [6.45, 7) is 0.246. The van der Waals surface area contributed by atoms with Crippen molar-refractivity contribution in [1.82, 2.24) is 0 Å². The Bertz CT molecular complexity index is 975. The molecule has 4 atom stereocenters. The van der Waals surface area contributed by atoms with Crippen LogP contribution in [0, 0.1) is 11.8 Å². The number of carbonyl (C=O) groups excluding carboxylic acids is 1. The number of cyclic esters (lactones) is 1. The number of phenols is 1. The number of carbonyl (C=O) groups is 1. The first-order valence-electron chi connectivity index (χ1n) is 9.26. The molecule has 0 aromatic heterocycles. The van der Waals surface area contributed by atoms with E-state index >= 15 is 0 Å². The minimum absolute atomic E-state index is 0.106. The number of esters is 1. The number of rotatable bonds is 3. The molecule has 2 aromatic rings. The molecule has 1 fully saturated rings. The van der Waals surface area contributed by atoms with Gasteiger partial charge in [-0.05, 0) is 41.0 Å². The van der Waals surface area contributed by atoms with E-state index in [2.05, 4.69) is 0 Å². The van der Waals surface area contributed by atoms with E-state index in [4.69, 9.17) is 23.7 Å². The number of aliphatic hydroxyl groups excluding tert-OH is 1. The Hall–Kier alpha value is -3.13. The molecule has 0 amide bonds. The molecule has 8 heteroatoms. The minimum atomic E-state index is -0.867. The van der Waals surface area contributed by atoms with Gasteiger partial charge in [-0.1, -0.05) is 0 Å². The Morgan fingerprint density at radius 2 is 1.59 bits per heavy atom. The number of methoxy groups -OCH3 is 2. The van der Waals surface area contributed by atoms with Crippen LogP contribution in [-0.2, 0) is 9.53 Å². The van der Waals surface area contributed by atoms with Gasteiger partial charge in [0, 0.05) is 11.8 Å². The van der Waals surface area contributed by atoms with Gasteiger partial charge in [0.15, 0.2) is 23.0 Å². The zero-order valence-corrected chi connectivity index (χ0v) is 15.9. The average molecular weight is 400 g/mol. The second-order valence-electron chi connectivity index (χ2n) is 7.35. The smallest absolute Gasteiger partial charge is 0.310 e. The van der Waals surface area contributed by atoms with Crippen LogP contribution in [0.2, 0.25) is 0 Å². The number of benzene rings is 2. The second kappa shape index (κ2) is 6.45. The number of ether oxygens (including phenoxy) is 5. The third-order valence-electron chi connectivity index (χ3n) is 6.01. The molecule has 1 saturated heterocycles. The van der Waals surface area contributed by atoms with Crippen molar-refractivity contribution < 1.29 is 38.7 Å². The number of hydrogen-bond acceptors (Lipinski definition) is 8. The highest BCUT2D eigenvalue weighted by atomic mass is 16.7. The normalized spacial score (nSPS) is 26.5. The molecule has 5 rings (SSSR count). The summed E-state index contributed by atoms with van der Waals surface area (Å²) in [4.78, 5) is 12.7. The number of fused-ring (bicyclic) bond motifs is 3. The maximum absolute atomic E-state index is 12.7. The summed E-state index contributed by atoms with van der Waals surface area (Å²) in [5.41, 5.74) is 2.12. The zero-order valence-electron chi connectivity index (χ0n) is 15.9. The van der Waals surface area contributed by atoms with Crippen molar-refractivity contribution in [1.29, 1.82) is 0 Å². The first-order chi connectivity index (χ1) is 14.0.